The average Bonchev–Trinajstić information content (AvgIpc) is 3.94. The van der Waals surface area contributed by atoms with Gasteiger partial charge in [-0.3, -0.25) is 9.13 Å². The van der Waals surface area contributed by atoms with E-state index in [9.17, 15) is 0 Å². The van der Waals surface area contributed by atoms with Gasteiger partial charge in [-0.05, 0) is 83.6 Å². The van der Waals surface area contributed by atoms with Gasteiger partial charge in [0.2, 0.25) is 0 Å². The van der Waals surface area contributed by atoms with E-state index in [2.05, 4.69) is 293 Å². The number of aromatic nitrogens is 5. The molecule has 0 aliphatic heterocycles. The lowest BCUT2D eigenvalue weighted by molar-refractivity contribution is 0.960. The molecule has 5 aromatic heterocycles. The van der Waals surface area contributed by atoms with Crippen molar-refractivity contribution in [3.63, 3.8) is 0 Å². The number of pyridine rings is 1. The maximum Gasteiger partial charge on any atom is 0.165 e. The highest BCUT2D eigenvalue weighted by Crippen LogP contribution is 2.53. The first-order valence-corrected chi connectivity index (χ1v) is 26.9. The number of benzene rings is 11. The van der Waals surface area contributed by atoms with Crippen molar-refractivity contribution in [1.29, 1.82) is 0 Å². The van der Waals surface area contributed by atoms with Crippen molar-refractivity contribution >= 4 is 87.2 Å². The molecule has 0 aliphatic carbocycles. The molecule has 0 radical (unpaired) electrons. The van der Waals surface area contributed by atoms with Crippen LogP contribution in [0.15, 0.2) is 261 Å². The van der Waals surface area contributed by atoms with Crippen LogP contribution in [0.5, 0.6) is 0 Å². The third kappa shape index (κ3) is 6.27. The number of fused-ring (bicyclic) bond motifs is 12. The Bertz CT molecular complexity index is 4830. The van der Waals surface area contributed by atoms with Crippen LogP contribution in [0.3, 0.4) is 0 Å². The quantitative estimate of drug-likeness (QED) is 0.157. The predicted octanol–water partition coefficient (Wildman–Crippen LogP) is 19.1. The van der Waals surface area contributed by atoms with Crippen molar-refractivity contribution in [2.24, 2.45) is 0 Å². The third-order valence-electron chi connectivity index (χ3n) is 16.4. The zero-order chi connectivity index (χ0) is 51.6. The summed E-state index contributed by atoms with van der Waals surface area (Å²) in [6.45, 7) is 4.54. The Morgan fingerprint density at radius 2 is 0.538 bits per heavy atom. The Kier molecular flexibility index (Phi) is 9.70. The summed E-state index contributed by atoms with van der Waals surface area (Å²) in [5.41, 5.74) is 19.7. The van der Waals surface area contributed by atoms with Gasteiger partial charge in [0.15, 0.2) is 11.6 Å². The van der Waals surface area contributed by atoms with Crippen LogP contribution in [-0.4, -0.2) is 23.3 Å². The van der Waals surface area contributed by atoms with Crippen molar-refractivity contribution in [3.8, 4) is 56.4 Å². The number of nitrogens with zero attached hydrogens (tertiary/aromatic N) is 5. The van der Waals surface area contributed by atoms with Crippen LogP contribution < -0.4 is 0 Å². The third-order valence-corrected chi connectivity index (χ3v) is 16.4. The molecule has 0 bridgehead atoms. The minimum atomic E-state index is 0.811. The topological polar surface area (TPSA) is 32.6 Å². The Balaban J connectivity index is 1.29. The molecule has 0 amide bonds. The van der Waals surface area contributed by atoms with Crippen LogP contribution in [0, 0.1) is 13.8 Å². The molecule has 0 unspecified atom stereocenters. The fourth-order valence-corrected chi connectivity index (χ4v) is 13.2. The first-order chi connectivity index (χ1) is 38.6. The molecule has 11 aromatic carbocycles. The molecule has 366 valence electrons. The summed E-state index contributed by atoms with van der Waals surface area (Å²) in [7, 11) is 0. The SMILES string of the molecule is Cc1cccc2c3cccc(C)c3n(-c3c(-n4c5ccccc5c5ccccc54)nc(-n4c5ccccc5c5ccccc54)c(-n4c5ccccc5c5ccccc54)c3-c3c(-c4ccccc4)cccc3-c3ccccc3)c12. The first kappa shape index (κ1) is 44.1. The Morgan fingerprint density at radius 3 is 0.910 bits per heavy atom. The normalized spacial score (nSPS) is 12.0. The van der Waals surface area contributed by atoms with Crippen molar-refractivity contribution in [2.45, 2.75) is 13.8 Å². The summed E-state index contributed by atoms with van der Waals surface area (Å²) < 4.78 is 10.1. The molecular weight excluding hydrogens is 947 g/mol. The van der Waals surface area contributed by atoms with Crippen LogP contribution in [0.2, 0.25) is 0 Å². The van der Waals surface area contributed by atoms with E-state index in [-0.39, 0.29) is 0 Å². The summed E-state index contributed by atoms with van der Waals surface area (Å²) in [5, 5.41) is 9.38. The largest absolute Gasteiger partial charge is 0.305 e. The average molecular weight is 996 g/mol. The van der Waals surface area contributed by atoms with E-state index in [1.807, 2.05) is 0 Å². The van der Waals surface area contributed by atoms with Crippen LogP contribution in [-0.2, 0) is 0 Å². The zero-order valence-electron chi connectivity index (χ0n) is 43.1. The summed E-state index contributed by atoms with van der Waals surface area (Å²) in [6.07, 6.45) is 0. The fraction of sp³-hybridized carbons (Fsp3) is 0.0274. The van der Waals surface area contributed by atoms with Crippen molar-refractivity contribution in [3.05, 3.63) is 272 Å². The van der Waals surface area contributed by atoms with Gasteiger partial charge in [0, 0.05) is 54.2 Å². The number of hydrogen-bond donors (Lipinski definition) is 0. The summed E-state index contributed by atoms with van der Waals surface area (Å²) in [6, 6.07) is 95.8. The van der Waals surface area contributed by atoms with E-state index in [1.165, 1.54) is 32.7 Å². The second-order valence-electron chi connectivity index (χ2n) is 20.7. The predicted molar refractivity (Wildman–Crippen MR) is 327 cm³/mol. The molecule has 0 atom stereocenters. The van der Waals surface area contributed by atoms with Crippen molar-refractivity contribution in [1.82, 2.24) is 23.3 Å². The highest BCUT2D eigenvalue weighted by atomic mass is 15.2. The van der Waals surface area contributed by atoms with Gasteiger partial charge in [-0.2, -0.15) is 0 Å². The number of hydrogen-bond acceptors (Lipinski definition) is 1. The van der Waals surface area contributed by atoms with Gasteiger partial charge in [-0.1, -0.05) is 224 Å². The van der Waals surface area contributed by atoms with Gasteiger partial charge in [-0.25, -0.2) is 4.98 Å². The lowest BCUT2D eigenvalue weighted by Gasteiger charge is -2.29. The number of aryl methyl sites for hydroxylation is 2. The molecule has 5 nitrogen and oxygen atoms in total. The maximum absolute atomic E-state index is 6.53. The van der Waals surface area contributed by atoms with Gasteiger partial charge in [0.1, 0.15) is 11.4 Å². The van der Waals surface area contributed by atoms with Gasteiger partial charge in [0.25, 0.3) is 0 Å². The molecule has 0 saturated carbocycles. The lowest BCUT2D eigenvalue weighted by atomic mass is 9.86. The van der Waals surface area contributed by atoms with Gasteiger partial charge in [0.05, 0.1) is 44.1 Å². The second-order valence-corrected chi connectivity index (χ2v) is 20.7. The standard InChI is InChI=1S/C73H49N5/c1-46-24-21-38-58-59-39-22-25-47(2)69(59)78(68(46)58)71-67(66-50(48-26-5-3-6-27-48)36-23-37-51(66)49-28-7-4-8-29-49)70(75-60-40-15-9-30-52(60)53-31-10-16-41-61(53)75)72(76-62-42-17-11-32-54(62)55-33-12-18-43-63(55)76)74-73(71)77-64-44-19-13-34-56(64)57-35-14-20-45-65(57)77/h3-45H,1-2H3. The van der Waals surface area contributed by atoms with Crippen LogP contribution in [0.25, 0.3) is 144 Å². The highest BCUT2D eigenvalue weighted by Gasteiger charge is 2.35. The summed E-state index contributed by atoms with van der Waals surface area (Å²) in [4.78, 5) is 6.53. The monoisotopic (exact) mass is 995 g/mol. The Labute approximate surface area is 450 Å². The number of para-hydroxylation sites is 8. The van der Waals surface area contributed by atoms with E-state index >= 15 is 0 Å². The van der Waals surface area contributed by atoms with Crippen LogP contribution >= 0.6 is 0 Å². The molecule has 16 aromatic rings. The van der Waals surface area contributed by atoms with E-state index in [1.54, 1.807) is 0 Å². The summed E-state index contributed by atoms with van der Waals surface area (Å²) >= 11 is 0. The van der Waals surface area contributed by atoms with E-state index in [0.717, 1.165) is 122 Å². The minimum Gasteiger partial charge on any atom is -0.305 e. The molecule has 5 heteroatoms. The molecule has 5 heterocycles. The van der Waals surface area contributed by atoms with E-state index in [4.69, 9.17) is 4.98 Å². The van der Waals surface area contributed by atoms with E-state index in [0.29, 0.717) is 0 Å². The van der Waals surface area contributed by atoms with Crippen LogP contribution in [0.4, 0.5) is 0 Å². The van der Waals surface area contributed by atoms with E-state index < -0.39 is 0 Å². The highest BCUT2D eigenvalue weighted by molar-refractivity contribution is 6.17. The molecule has 78 heavy (non-hydrogen) atoms. The Hall–Kier alpha value is -10.2. The van der Waals surface area contributed by atoms with Gasteiger partial charge < -0.3 is 9.13 Å². The molecule has 16 rings (SSSR count). The van der Waals surface area contributed by atoms with Crippen molar-refractivity contribution < 1.29 is 0 Å². The molecule has 0 aliphatic rings. The first-order valence-electron chi connectivity index (χ1n) is 26.9. The maximum atomic E-state index is 6.53. The molecule has 0 fully saturated rings. The second kappa shape index (κ2) is 17.2. The number of rotatable bonds is 7. The van der Waals surface area contributed by atoms with Gasteiger partial charge in [-0.15, -0.1) is 0 Å². The molecule has 0 spiro atoms. The summed E-state index contributed by atoms with van der Waals surface area (Å²) in [5.74, 6) is 1.63. The fourth-order valence-electron chi connectivity index (χ4n) is 13.2. The smallest absolute Gasteiger partial charge is 0.165 e. The zero-order valence-corrected chi connectivity index (χ0v) is 43.1. The lowest BCUT2D eigenvalue weighted by Crippen LogP contribution is -2.17. The van der Waals surface area contributed by atoms with Gasteiger partial charge >= 0.3 is 0 Å². The van der Waals surface area contributed by atoms with Crippen LogP contribution in [0.1, 0.15) is 11.1 Å². The van der Waals surface area contributed by atoms with Crippen molar-refractivity contribution in [2.75, 3.05) is 0 Å². The molecular formula is C73H49N5. The minimum absolute atomic E-state index is 0.811. The molecule has 0 saturated heterocycles. The molecule has 0 N–H and O–H groups in total. The Morgan fingerprint density at radius 1 is 0.244 bits per heavy atom.